The normalized spacial score (nSPS) is 21.9. The molecular weight excluding hydrogens is 312 g/mol. The quantitative estimate of drug-likeness (QED) is 0.460. The van der Waals surface area contributed by atoms with Crippen LogP contribution in [-0.2, 0) is 0 Å². The van der Waals surface area contributed by atoms with Crippen molar-refractivity contribution in [3.8, 4) is 0 Å². The molecule has 0 bridgehead atoms. The first-order chi connectivity index (χ1) is 12.7. The molecule has 0 nitrogen and oxygen atoms in total. The van der Waals surface area contributed by atoms with Crippen molar-refractivity contribution in [2.45, 2.75) is 78.1 Å². The average Bonchev–Trinajstić information content (AvgIpc) is 2.69. The van der Waals surface area contributed by atoms with E-state index in [1.165, 1.54) is 75.3 Å². The highest BCUT2D eigenvalue weighted by atomic mass is 14.3. The van der Waals surface area contributed by atoms with Crippen LogP contribution in [-0.4, -0.2) is 0 Å². The molecule has 0 aliphatic heterocycles. The van der Waals surface area contributed by atoms with Crippen LogP contribution in [0.25, 0.3) is 0 Å². The van der Waals surface area contributed by atoms with Gasteiger partial charge in [0.15, 0.2) is 0 Å². The van der Waals surface area contributed by atoms with E-state index in [-0.39, 0.29) is 0 Å². The van der Waals surface area contributed by atoms with Crippen molar-refractivity contribution in [3.05, 3.63) is 71.5 Å². The molecule has 2 fully saturated rings. The van der Waals surface area contributed by atoms with Crippen molar-refractivity contribution in [2.75, 3.05) is 0 Å². The minimum atomic E-state index is 0.795. The molecule has 0 heterocycles. The van der Waals surface area contributed by atoms with Gasteiger partial charge in [0.2, 0.25) is 0 Å². The fourth-order valence-electron chi connectivity index (χ4n) is 4.53. The second kappa shape index (κ2) is 10.1. The Bertz CT molecular complexity index is 561. The molecule has 1 aromatic rings. The molecule has 0 heteroatoms. The summed E-state index contributed by atoms with van der Waals surface area (Å²) in [6.45, 7) is 4.30. The van der Waals surface area contributed by atoms with Crippen LogP contribution < -0.4 is 0 Å². The molecule has 0 N–H and O–H groups in total. The molecule has 0 saturated heterocycles. The van der Waals surface area contributed by atoms with E-state index in [0.29, 0.717) is 0 Å². The molecule has 3 rings (SSSR count). The lowest BCUT2D eigenvalue weighted by molar-refractivity contribution is 0.367. The van der Waals surface area contributed by atoms with Gasteiger partial charge < -0.3 is 0 Å². The highest BCUT2D eigenvalue weighted by molar-refractivity contribution is 5.33. The number of hydrogen-bond acceptors (Lipinski definition) is 0. The fourth-order valence-corrected chi connectivity index (χ4v) is 4.53. The highest BCUT2D eigenvalue weighted by Crippen LogP contribution is 2.37. The Balaban J connectivity index is 1.37. The van der Waals surface area contributed by atoms with Crippen LogP contribution in [0.3, 0.4) is 0 Å². The highest BCUT2D eigenvalue weighted by Gasteiger charge is 2.23. The number of allylic oxidation sites excluding steroid dienone is 4. The summed E-state index contributed by atoms with van der Waals surface area (Å²) in [5, 5.41) is 0. The fraction of sp³-hybridized carbons (Fsp3) is 0.538. The molecule has 0 amide bonds. The molecule has 0 unspecified atom stereocenters. The summed E-state index contributed by atoms with van der Waals surface area (Å²) in [4.78, 5) is 0. The third-order valence-electron chi connectivity index (χ3n) is 6.42. The van der Waals surface area contributed by atoms with Gasteiger partial charge in [0, 0.05) is 5.92 Å². The summed E-state index contributed by atoms with van der Waals surface area (Å²) < 4.78 is 0. The van der Waals surface area contributed by atoms with Gasteiger partial charge >= 0.3 is 0 Å². The van der Waals surface area contributed by atoms with Crippen molar-refractivity contribution >= 4 is 0 Å². The zero-order valence-corrected chi connectivity index (χ0v) is 16.8. The minimum Gasteiger partial charge on any atom is -0.0917 e. The predicted molar refractivity (Wildman–Crippen MR) is 114 cm³/mol. The molecule has 0 atom stereocenters. The van der Waals surface area contributed by atoms with Crippen molar-refractivity contribution in [2.24, 2.45) is 11.8 Å². The van der Waals surface area contributed by atoms with Gasteiger partial charge in [0.1, 0.15) is 0 Å². The Labute approximate surface area is 161 Å². The SMILES string of the molecule is C/C=C/CCC1CC[C](C=CC2CC[C](c3ccc(C)cc3)CC2)CC1. The van der Waals surface area contributed by atoms with Crippen molar-refractivity contribution in [1.29, 1.82) is 0 Å². The van der Waals surface area contributed by atoms with Gasteiger partial charge in [-0.3, -0.25) is 0 Å². The van der Waals surface area contributed by atoms with Gasteiger partial charge in [0.05, 0.1) is 0 Å². The largest absolute Gasteiger partial charge is 0.0917 e. The molecule has 26 heavy (non-hydrogen) atoms. The Kier molecular flexibility index (Phi) is 7.59. The Morgan fingerprint density at radius 2 is 1.62 bits per heavy atom. The minimum absolute atomic E-state index is 0.795. The zero-order valence-electron chi connectivity index (χ0n) is 16.8. The third kappa shape index (κ3) is 5.86. The number of aryl methyl sites for hydroxylation is 1. The zero-order chi connectivity index (χ0) is 18.2. The summed E-state index contributed by atoms with van der Waals surface area (Å²) >= 11 is 0. The second-order valence-electron chi connectivity index (χ2n) is 8.41. The van der Waals surface area contributed by atoms with Crippen molar-refractivity contribution in [1.82, 2.24) is 0 Å². The topological polar surface area (TPSA) is 0 Å². The van der Waals surface area contributed by atoms with Crippen LogP contribution in [0.2, 0.25) is 0 Å². The van der Waals surface area contributed by atoms with Gasteiger partial charge in [-0.05, 0) is 101 Å². The lowest BCUT2D eigenvalue weighted by Crippen LogP contribution is -2.14. The lowest BCUT2D eigenvalue weighted by Gasteiger charge is -2.28. The van der Waals surface area contributed by atoms with E-state index in [1.807, 2.05) is 0 Å². The molecule has 1 aromatic carbocycles. The van der Waals surface area contributed by atoms with Crippen LogP contribution in [0, 0.1) is 30.6 Å². The maximum Gasteiger partial charge on any atom is 0.00502 e. The first-order valence-electron chi connectivity index (χ1n) is 10.8. The predicted octanol–water partition coefficient (Wildman–Crippen LogP) is 7.79. The van der Waals surface area contributed by atoms with Crippen LogP contribution in [0.5, 0.6) is 0 Å². The number of rotatable bonds is 6. The molecular formula is C26H36. The second-order valence-corrected chi connectivity index (χ2v) is 8.41. The van der Waals surface area contributed by atoms with Crippen LogP contribution in [0.4, 0.5) is 0 Å². The van der Waals surface area contributed by atoms with E-state index in [2.05, 4.69) is 62.4 Å². The molecule has 0 aromatic heterocycles. The molecule has 2 aliphatic rings. The standard InChI is InChI=1S/C26H36/c1-3-4-5-6-22-9-11-23(12-10-22)13-14-24-15-19-26(20-16-24)25-17-7-21(2)8-18-25/h3-4,7-8,13-14,17-18,22,24H,5-6,9-12,15-16,19-20H2,1-2H3/b4-3+,14-13?. The molecule has 2 saturated carbocycles. The Morgan fingerprint density at radius 3 is 2.27 bits per heavy atom. The van der Waals surface area contributed by atoms with Gasteiger partial charge in [-0.15, -0.1) is 0 Å². The first-order valence-corrected chi connectivity index (χ1v) is 10.8. The van der Waals surface area contributed by atoms with Crippen molar-refractivity contribution < 1.29 is 0 Å². The van der Waals surface area contributed by atoms with Crippen LogP contribution in [0.1, 0.15) is 82.3 Å². The lowest BCUT2D eigenvalue weighted by atomic mass is 9.77. The summed E-state index contributed by atoms with van der Waals surface area (Å²) in [7, 11) is 0. The van der Waals surface area contributed by atoms with Crippen LogP contribution in [0.15, 0.2) is 48.6 Å². The van der Waals surface area contributed by atoms with Gasteiger partial charge in [-0.25, -0.2) is 0 Å². The molecule has 0 spiro atoms. The summed E-state index contributed by atoms with van der Waals surface area (Å²) in [6.07, 6.45) is 22.9. The maximum atomic E-state index is 2.54. The third-order valence-corrected chi connectivity index (χ3v) is 6.42. The summed E-state index contributed by atoms with van der Waals surface area (Å²) in [5.41, 5.74) is 2.84. The first kappa shape index (κ1) is 19.5. The van der Waals surface area contributed by atoms with E-state index < -0.39 is 0 Å². The van der Waals surface area contributed by atoms with E-state index in [4.69, 9.17) is 0 Å². The van der Waals surface area contributed by atoms with E-state index in [1.54, 1.807) is 11.8 Å². The van der Waals surface area contributed by atoms with E-state index in [0.717, 1.165) is 11.8 Å². The Hall–Kier alpha value is -1.30. The monoisotopic (exact) mass is 348 g/mol. The van der Waals surface area contributed by atoms with Gasteiger partial charge in [-0.2, -0.15) is 0 Å². The summed E-state index contributed by atoms with van der Waals surface area (Å²) in [6, 6.07) is 9.12. The molecule has 140 valence electrons. The van der Waals surface area contributed by atoms with E-state index >= 15 is 0 Å². The number of hydrogen-bond donors (Lipinski definition) is 0. The molecule has 2 aliphatic carbocycles. The van der Waals surface area contributed by atoms with Crippen molar-refractivity contribution in [3.63, 3.8) is 0 Å². The Morgan fingerprint density at radius 1 is 0.923 bits per heavy atom. The maximum absolute atomic E-state index is 2.54. The number of benzene rings is 1. The van der Waals surface area contributed by atoms with Crippen LogP contribution >= 0.6 is 0 Å². The van der Waals surface area contributed by atoms with Gasteiger partial charge in [0.25, 0.3) is 0 Å². The molecule has 2 radical (unpaired) electrons. The van der Waals surface area contributed by atoms with Gasteiger partial charge in [-0.1, -0.05) is 54.1 Å². The van der Waals surface area contributed by atoms with E-state index in [9.17, 15) is 0 Å². The average molecular weight is 349 g/mol. The smallest absolute Gasteiger partial charge is 0.00502 e. The summed E-state index contributed by atoms with van der Waals surface area (Å²) in [5.74, 6) is 5.14.